The number of nitrogens with one attached hydrogen (secondary N) is 3. The molecule has 0 fully saturated rings. The van der Waals surface area contributed by atoms with Crippen molar-refractivity contribution in [2.45, 2.75) is 26.3 Å². The van der Waals surface area contributed by atoms with Crippen molar-refractivity contribution in [3.8, 4) is 0 Å². The maximum Gasteiger partial charge on any atom is 0.321 e. The van der Waals surface area contributed by atoms with Crippen LogP contribution >= 0.6 is 0 Å². The maximum atomic E-state index is 11.2. The number of carbonyl (C=O) groups is 1. The van der Waals surface area contributed by atoms with Gasteiger partial charge < -0.3 is 10.3 Å². The monoisotopic (exact) mass is 182 g/mol. The van der Waals surface area contributed by atoms with Gasteiger partial charge in [0.25, 0.3) is 0 Å². The molecule has 0 saturated carbocycles. The van der Waals surface area contributed by atoms with Gasteiger partial charge in [-0.25, -0.2) is 9.78 Å². The minimum absolute atomic E-state index is 0.239. The summed E-state index contributed by atoms with van der Waals surface area (Å²) < 4.78 is 0. The summed E-state index contributed by atoms with van der Waals surface area (Å²) in [5.41, 5.74) is -0.239. The fourth-order valence-corrected chi connectivity index (χ4v) is 0.813. The molecule has 0 aromatic carbocycles. The number of hydrogen-bond acceptors (Lipinski definition) is 2. The van der Waals surface area contributed by atoms with E-state index in [1.54, 1.807) is 12.4 Å². The average Bonchev–Trinajstić information content (AvgIpc) is 2.34. The number of rotatable bonds is 1. The lowest BCUT2D eigenvalue weighted by Gasteiger charge is -2.20. The summed E-state index contributed by atoms with van der Waals surface area (Å²) in [4.78, 5) is 17.9. The molecular weight excluding hydrogens is 168 g/mol. The molecule has 72 valence electrons. The van der Waals surface area contributed by atoms with Crippen LogP contribution in [-0.4, -0.2) is 21.5 Å². The Hall–Kier alpha value is -1.52. The molecule has 3 N–H and O–H groups in total. The molecule has 0 saturated heterocycles. The number of hydrogen-bond donors (Lipinski definition) is 3. The predicted molar refractivity (Wildman–Crippen MR) is 50.5 cm³/mol. The van der Waals surface area contributed by atoms with E-state index in [4.69, 9.17) is 0 Å². The number of nitrogens with zero attached hydrogens (tertiary/aromatic N) is 1. The van der Waals surface area contributed by atoms with Gasteiger partial charge in [0.1, 0.15) is 0 Å². The van der Waals surface area contributed by atoms with E-state index < -0.39 is 0 Å². The third-order valence-corrected chi connectivity index (χ3v) is 1.22. The minimum atomic E-state index is -0.262. The van der Waals surface area contributed by atoms with Crippen LogP contribution in [0, 0.1) is 0 Å². The van der Waals surface area contributed by atoms with Crippen LogP contribution in [0.15, 0.2) is 12.4 Å². The van der Waals surface area contributed by atoms with Crippen molar-refractivity contribution in [1.82, 2.24) is 15.3 Å². The van der Waals surface area contributed by atoms with E-state index in [2.05, 4.69) is 20.6 Å². The van der Waals surface area contributed by atoms with E-state index in [0.29, 0.717) is 5.95 Å². The third kappa shape index (κ3) is 3.59. The zero-order chi connectivity index (χ0) is 9.90. The van der Waals surface area contributed by atoms with Crippen LogP contribution in [0.4, 0.5) is 10.7 Å². The van der Waals surface area contributed by atoms with Crippen LogP contribution in [0.2, 0.25) is 0 Å². The number of carbonyl (C=O) groups excluding carboxylic acids is 1. The van der Waals surface area contributed by atoms with E-state index in [9.17, 15) is 4.79 Å². The molecule has 2 amide bonds. The zero-order valence-electron chi connectivity index (χ0n) is 8.01. The fourth-order valence-electron chi connectivity index (χ4n) is 0.813. The van der Waals surface area contributed by atoms with Crippen molar-refractivity contribution in [2.24, 2.45) is 0 Å². The first-order valence-electron chi connectivity index (χ1n) is 4.06. The van der Waals surface area contributed by atoms with Gasteiger partial charge in [-0.05, 0) is 20.8 Å². The van der Waals surface area contributed by atoms with Gasteiger partial charge in [-0.3, -0.25) is 5.32 Å². The molecule has 13 heavy (non-hydrogen) atoms. The first-order chi connectivity index (χ1) is 5.97. The standard InChI is InChI=1S/C8H14N4O/c1-8(2,3)12-7(13)11-6-9-4-5-10-6/h4-5H,1-3H3,(H3,9,10,11,12,13). The van der Waals surface area contributed by atoms with Gasteiger partial charge >= 0.3 is 6.03 Å². The smallest absolute Gasteiger partial charge is 0.321 e. The second-order valence-corrected chi connectivity index (χ2v) is 3.77. The van der Waals surface area contributed by atoms with Crippen LogP contribution < -0.4 is 10.6 Å². The van der Waals surface area contributed by atoms with Gasteiger partial charge in [0, 0.05) is 17.9 Å². The Balaban J connectivity index is 2.43. The van der Waals surface area contributed by atoms with E-state index in [-0.39, 0.29) is 11.6 Å². The Bertz CT molecular complexity index is 273. The number of imidazole rings is 1. The van der Waals surface area contributed by atoms with Crippen LogP contribution in [0.1, 0.15) is 20.8 Å². The van der Waals surface area contributed by atoms with E-state index >= 15 is 0 Å². The van der Waals surface area contributed by atoms with Crippen molar-refractivity contribution in [1.29, 1.82) is 0 Å². The average molecular weight is 182 g/mol. The van der Waals surface area contributed by atoms with Crippen LogP contribution in [-0.2, 0) is 0 Å². The van der Waals surface area contributed by atoms with Gasteiger partial charge in [0.2, 0.25) is 5.95 Å². The van der Waals surface area contributed by atoms with Gasteiger partial charge in [-0.1, -0.05) is 0 Å². The van der Waals surface area contributed by atoms with E-state index in [1.165, 1.54) is 0 Å². The van der Waals surface area contributed by atoms with Crippen LogP contribution in [0.3, 0.4) is 0 Å². The lowest BCUT2D eigenvalue weighted by atomic mass is 10.1. The minimum Gasteiger partial charge on any atom is -0.333 e. The number of anilines is 1. The summed E-state index contributed by atoms with van der Waals surface area (Å²) in [6.45, 7) is 5.73. The molecule has 1 aromatic heterocycles. The molecule has 0 radical (unpaired) electrons. The lowest BCUT2D eigenvalue weighted by molar-refractivity contribution is 0.243. The highest BCUT2D eigenvalue weighted by Gasteiger charge is 2.13. The summed E-state index contributed by atoms with van der Waals surface area (Å²) in [6.07, 6.45) is 3.22. The Labute approximate surface area is 76.9 Å². The Morgan fingerprint density at radius 3 is 2.69 bits per heavy atom. The first-order valence-corrected chi connectivity index (χ1v) is 4.06. The molecule has 0 atom stereocenters. The molecule has 0 aliphatic carbocycles. The van der Waals surface area contributed by atoms with Crippen molar-refractivity contribution in [2.75, 3.05) is 5.32 Å². The van der Waals surface area contributed by atoms with E-state index in [1.807, 2.05) is 20.8 Å². The predicted octanol–water partition coefficient (Wildman–Crippen LogP) is 1.33. The molecule has 1 aromatic rings. The molecule has 5 heteroatoms. The summed E-state index contributed by atoms with van der Waals surface area (Å²) in [5.74, 6) is 0.446. The van der Waals surface area contributed by atoms with Crippen LogP contribution in [0.25, 0.3) is 0 Å². The quantitative estimate of drug-likeness (QED) is 0.613. The fraction of sp³-hybridized carbons (Fsp3) is 0.500. The third-order valence-electron chi connectivity index (χ3n) is 1.22. The molecule has 0 aliphatic heterocycles. The first kappa shape index (κ1) is 9.57. The summed E-state index contributed by atoms with van der Waals surface area (Å²) >= 11 is 0. The van der Waals surface area contributed by atoms with Crippen molar-refractivity contribution < 1.29 is 4.79 Å². The molecule has 0 unspecified atom stereocenters. The Kier molecular flexibility index (Phi) is 2.55. The number of aromatic nitrogens is 2. The largest absolute Gasteiger partial charge is 0.333 e. The number of amides is 2. The molecule has 0 bridgehead atoms. The van der Waals surface area contributed by atoms with Crippen molar-refractivity contribution in [3.05, 3.63) is 12.4 Å². The molecule has 1 heterocycles. The van der Waals surface area contributed by atoms with E-state index in [0.717, 1.165) is 0 Å². The number of aromatic amines is 1. The maximum absolute atomic E-state index is 11.2. The summed E-state index contributed by atoms with van der Waals surface area (Å²) in [5, 5.41) is 5.31. The Morgan fingerprint density at radius 1 is 1.54 bits per heavy atom. The zero-order valence-corrected chi connectivity index (χ0v) is 8.01. The van der Waals surface area contributed by atoms with Gasteiger partial charge in [0.05, 0.1) is 0 Å². The van der Waals surface area contributed by atoms with Gasteiger partial charge in [-0.2, -0.15) is 0 Å². The van der Waals surface area contributed by atoms with Crippen molar-refractivity contribution >= 4 is 12.0 Å². The molecule has 0 spiro atoms. The van der Waals surface area contributed by atoms with Crippen molar-refractivity contribution in [3.63, 3.8) is 0 Å². The molecule has 5 nitrogen and oxygen atoms in total. The van der Waals surface area contributed by atoms with Gasteiger partial charge in [-0.15, -0.1) is 0 Å². The second-order valence-electron chi connectivity index (χ2n) is 3.77. The highest BCUT2D eigenvalue weighted by atomic mass is 16.2. The topological polar surface area (TPSA) is 69.8 Å². The number of H-pyrrole nitrogens is 1. The summed E-state index contributed by atoms with van der Waals surface area (Å²) in [6, 6.07) is -0.262. The SMILES string of the molecule is CC(C)(C)NC(=O)Nc1ncc[nH]1. The lowest BCUT2D eigenvalue weighted by Crippen LogP contribution is -2.43. The normalized spacial score (nSPS) is 11.0. The van der Waals surface area contributed by atoms with Crippen LogP contribution in [0.5, 0.6) is 0 Å². The second kappa shape index (κ2) is 3.47. The van der Waals surface area contributed by atoms with Gasteiger partial charge in [0.15, 0.2) is 0 Å². The molecule has 1 rings (SSSR count). The molecule has 0 aliphatic rings. The highest BCUT2D eigenvalue weighted by molar-refractivity contribution is 5.87. The summed E-state index contributed by atoms with van der Waals surface area (Å²) in [7, 11) is 0. The number of urea groups is 1. The Morgan fingerprint density at radius 2 is 2.23 bits per heavy atom. The highest BCUT2D eigenvalue weighted by Crippen LogP contribution is 2.00. The molecular formula is C8H14N4O.